The maximum atomic E-state index is 12.3. The maximum absolute atomic E-state index is 12.3. The number of aromatic nitrogens is 2. The second kappa shape index (κ2) is 7.62. The molecule has 1 unspecified atom stereocenters. The van der Waals surface area contributed by atoms with Gasteiger partial charge in [-0.05, 0) is 38.8 Å². The van der Waals surface area contributed by atoms with Gasteiger partial charge in [-0.25, -0.2) is 0 Å². The van der Waals surface area contributed by atoms with Crippen molar-refractivity contribution in [2.75, 3.05) is 6.54 Å². The summed E-state index contributed by atoms with van der Waals surface area (Å²) in [6.45, 7) is 6.32. The Bertz CT molecular complexity index is 687. The van der Waals surface area contributed by atoms with Crippen LogP contribution in [0.25, 0.3) is 0 Å². The number of hydrogen-bond donors (Lipinski definition) is 2. The van der Waals surface area contributed by atoms with Gasteiger partial charge in [0.2, 0.25) is 5.91 Å². The Kier molecular flexibility index (Phi) is 5.30. The van der Waals surface area contributed by atoms with Gasteiger partial charge in [-0.2, -0.15) is 5.10 Å². The summed E-state index contributed by atoms with van der Waals surface area (Å²) in [5.74, 6) is 0.101. The Hall–Kier alpha value is -2.14. The zero-order valence-corrected chi connectivity index (χ0v) is 14.5. The number of nitrogens with zero attached hydrogens (tertiary/aromatic N) is 2. The lowest BCUT2D eigenvalue weighted by atomic mass is 10.0. The summed E-state index contributed by atoms with van der Waals surface area (Å²) >= 11 is 0. The maximum Gasteiger partial charge on any atom is 0.237 e. The van der Waals surface area contributed by atoms with Crippen molar-refractivity contribution in [1.82, 2.24) is 20.4 Å². The van der Waals surface area contributed by atoms with E-state index < -0.39 is 0 Å². The molecule has 1 fully saturated rings. The van der Waals surface area contributed by atoms with Crippen LogP contribution in [-0.2, 0) is 17.9 Å². The lowest BCUT2D eigenvalue weighted by Crippen LogP contribution is -2.46. The first-order chi connectivity index (χ1) is 11.6. The topological polar surface area (TPSA) is 59.0 Å². The van der Waals surface area contributed by atoms with E-state index in [-0.39, 0.29) is 11.9 Å². The van der Waals surface area contributed by atoms with Gasteiger partial charge in [0.1, 0.15) is 0 Å². The van der Waals surface area contributed by atoms with Gasteiger partial charge < -0.3 is 10.6 Å². The second-order valence-corrected chi connectivity index (χ2v) is 6.51. The van der Waals surface area contributed by atoms with Gasteiger partial charge in [-0.3, -0.25) is 9.48 Å². The first-order valence-corrected chi connectivity index (χ1v) is 8.73. The molecule has 0 bridgehead atoms. The molecule has 128 valence electrons. The van der Waals surface area contributed by atoms with E-state index in [0.717, 1.165) is 49.3 Å². The van der Waals surface area contributed by atoms with Gasteiger partial charge in [-0.15, -0.1) is 0 Å². The van der Waals surface area contributed by atoms with Crippen molar-refractivity contribution >= 4 is 5.91 Å². The zero-order chi connectivity index (χ0) is 16.9. The number of carbonyl (C=O) groups excluding carboxylic acids is 1. The summed E-state index contributed by atoms with van der Waals surface area (Å²) < 4.78 is 2.02. The molecule has 3 rings (SSSR count). The summed E-state index contributed by atoms with van der Waals surface area (Å²) in [5.41, 5.74) is 4.45. The van der Waals surface area contributed by atoms with Crippen molar-refractivity contribution in [3.8, 4) is 0 Å². The van der Waals surface area contributed by atoms with Crippen LogP contribution in [0.5, 0.6) is 0 Å². The minimum Gasteiger partial charge on any atom is -0.351 e. The number of hydrogen-bond acceptors (Lipinski definition) is 3. The van der Waals surface area contributed by atoms with Gasteiger partial charge in [0.25, 0.3) is 0 Å². The molecule has 2 N–H and O–H groups in total. The fraction of sp³-hybridized carbons (Fsp3) is 0.474. The highest BCUT2D eigenvalue weighted by molar-refractivity contribution is 5.81. The Morgan fingerprint density at radius 2 is 2.08 bits per heavy atom. The third-order valence-electron chi connectivity index (χ3n) is 4.77. The highest BCUT2D eigenvalue weighted by Crippen LogP contribution is 2.15. The quantitative estimate of drug-likeness (QED) is 0.886. The zero-order valence-electron chi connectivity index (χ0n) is 14.5. The summed E-state index contributed by atoms with van der Waals surface area (Å²) in [5, 5.41) is 11.0. The number of nitrogens with one attached hydrogen (secondary N) is 2. The molecular weight excluding hydrogens is 300 g/mol. The van der Waals surface area contributed by atoms with E-state index in [1.165, 1.54) is 5.56 Å². The Labute approximate surface area is 143 Å². The number of rotatable bonds is 5. The summed E-state index contributed by atoms with van der Waals surface area (Å²) in [6.07, 6.45) is 3.21. The lowest BCUT2D eigenvalue weighted by Gasteiger charge is -2.22. The standard InChI is InChI=1S/C19H26N4O/c1-14-17(12-21-19(24)18-10-6-7-11-20-18)15(2)23(22-14)13-16-8-4-3-5-9-16/h3-5,8-9,18,20H,6-7,10-13H2,1-2H3,(H,21,24). The summed E-state index contributed by atoms with van der Waals surface area (Å²) in [6, 6.07) is 10.3. The van der Waals surface area contributed by atoms with Gasteiger partial charge in [0, 0.05) is 17.8 Å². The second-order valence-electron chi connectivity index (χ2n) is 6.51. The highest BCUT2D eigenvalue weighted by atomic mass is 16.2. The number of amides is 1. The molecule has 5 nitrogen and oxygen atoms in total. The smallest absolute Gasteiger partial charge is 0.237 e. The fourth-order valence-corrected chi connectivity index (χ4v) is 3.27. The average molecular weight is 326 g/mol. The third-order valence-corrected chi connectivity index (χ3v) is 4.77. The number of carbonyl (C=O) groups is 1. The van der Waals surface area contributed by atoms with Crippen LogP contribution in [0.15, 0.2) is 30.3 Å². The van der Waals surface area contributed by atoms with Crippen LogP contribution in [0, 0.1) is 13.8 Å². The van der Waals surface area contributed by atoms with E-state index in [1.54, 1.807) is 0 Å². The van der Waals surface area contributed by atoms with Crippen molar-refractivity contribution in [3.63, 3.8) is 0 Å². The molecule has 1 saturated heterocycles. The Morgan fingerprint density at radius 3 is 2.79 bits per heavy atom. The molecule has 1 aliphatic rings. The van der Waals surface area contributed by atoms with Gasteiger partial charge in [0.15, 0.2) is 0 Å². The van der Waals surface area contributed by atoms with Crippen molar-refractivity contribution < 1.29 is 4.79 Å². The molecule has 1 aliphatic heterocycles. The van der Waals surface area contributed by atoms with Crippen LogP contribution in [0.1, 0.15) is 41.8 Å². The predicted octanol–water partition coefficient (Wildman–Crippen LogP) is 2.31. The monoisotopic (exact) mass is 326 g/mol. The molecule has 2 heterocycles. The van der Waals surface area contributed by atoms with E-state index in [1.807, 2.05) is 29.8 Å². The predicted molar refractivity (Wildman–Crippen MR) is 94.7 cm³/mol. The van der Waals surface area contributed by atoms with E-state index in [2.05, 4.69) is 34.8 Å². The number of piperidine rings is 1. The van der Waals surface area contributed by atoms with Crippen molar-refractivity contribution in [1.29, 1.82) is 0 Å². The number of aryl methyl sites for hydroxylation is 1. The first kappa shape index (κ1) is 16.7. The Morgan fingerprint density at radius 1 is 1.29 bits per heavy atom. The molecule has 0 radical (unpaired) electrons. The van der Waals surface area contributed by atoms with Gasteiger partial charge >= 0.3 is 0 Å². The van der Waals surface area contributed by atoms with Crippen molar-refractivity contribution in [3.05, 3.63) is 52.8 Å². The molecule has 1 amide bonds. The summed E-state index contributed by atoms with van der Waals surface area (Å²) in [7, 11) is 0. The van der Waals surface area contributed by atoms with Gasteiger partial charge in [-0.1, -0.05) is 36.8 Å². The fourth-order valence-electron chi connectivity index (χ4n) is 3.27. The molecule has 1 atom stereocenters. The third kappa shape index (κ3) is 3.85. The van der Waals surface area contributed by atoms with Crippen molar-refractivity contribution in [2.45, 2.75) is 52.2 Å². The molecule has 2 aromatic rings. The molecule has 24 heavy (non-hydrogen) atoms. The van der Waals surface area contributed by atoms with Crippen LogP contribution in [0.4, 0.5) is 0 Å². The number of benzene rings is 1. The van der Waals surface area contributed by atoms with E-state index in [9.17, 15) is 4.79 Å². The Balaban J connectivity index is 1.64. The van der Waals surface area contributed by atoms with Crippen LogP contribution in [-0.4, -0.2) is 28.3 Å². The van der Waals surface area contributed by atoms with Crippen LogP contribution in [0.2, 0.25) is 0 Å². The average Bonchev–Trinajstić information content (AvgIpc) is 2.88. The van der Waals surface area contributed by atoms with Crippen molar-refractivity contribution in [2.24, 2.45) is 0 Å². The lowest BCUT2D eigenvalue weighted by molar-refractivity contribution is -0.123. The normalized spacial score (nSPS) is 17.7. The molecule has 1 aromatic heterocycles. The molecule has 5 heteroatoms. The first-order valence-electron chi connectivity index (χ1n) is 8.73. The molecule has 0 spiro atoms. The molecule has 0 saturated carbocycles. The SMILES string of the molecule is Cc1nn(Cc2ccccc2)c(C)c1CNC(=O)C1CCCCN1. The summed E-state index contributed by atoms with van der Waals surface area (Å²) in [4.78, 5) is 12.3. The minimum atomic E-state index is -0.0428. The van der Waals surface area contributed by atoms with Crippen LogP contribution < -0.4 is 10.6 Å². The molecule has 0 aliphatic carbocycles. The minimum absolute atomic E-state index is 0.0428. The highest BCUT2D eigenvalue weighted by Gasteiger charge is 2.21. The van der Waals surface area contributed by atoms with E-state index in [4.69, 9.17) is 0 Å². The largest absolute Gasteiger partial charge is 0.351 e. The molecule has 1 aromatic carbocycles. The van der Waals surface area contributed by atoms with Crippen LogP contribution in [0.3, 0.4) is 0 Å². The van der Waals surface area contributed by atoms with E-state index in [0.29, 0.717) is 6.54 Å². The van der Waals surface area contributed by atoms with Crippen LogP contribution >= 0.6 is 0 Å². The van der Waals surface area contributed by atoms with Gasteiger partial charge in [0.05, 0.1) is 18.3 Å². The molecular formula is C19H26N4O. The van der Waals surface area contributed by atoms with E-state index >= 15 is 0 Å².